The summed E-state index contributed by atoms with van der Waals surface area (Å²) >= 11 is 0. The Morgan fingerprint density at radius 2 is 1.79 bits per heavy atom. The van der Waals surface area contributed by atoms with E-state index in [9.17, 15) is 19.7 Å². The minimum Gasteiger partial charge on any atom is -0.337 e. The summed E-state index contributed by atoms with van der Waals surface area (Å²) in [6.45, 7) is 4.58. The zero-order chi connectivity index (χ0) is 24.2. The lowest BCUT2D eigenvalue weighted by Gasteiger charge is -2.38. The number of rotatable bonds is 6. The number of nitrogens with zero attached hydrogens (tertiary/aromatic N) is 5. The molecule has 0 radical (unpaired) electrons. The number of benzene rings is 2. The molecule has 1 aromatic heterocycles. The van der Waals surface area contributed by atoms with Crippen molar-refractivity contribution in [3.05, 3.63) is 86.5 Å². The van der Waals surface area contributed by atoms with Gasteiger partial charge in [0.1, 0.15) is 5.82 Å². The quantitative estimate of drug-likeness (QED) is 0.318. The smallest absolute Gasteiger partial charge is 0.269 e. The zero-order valence-corrected chi connectivity index (χ0v) is 19.3. The number of fused-ring (bicyclic) bond motifs is 1. The van der Waals surface area contributed by atoms with Crippen LogP contribution in [0, 0.1) is 10.1 Å². The molecule has 0 N–H and O–H groups in total. The molecule has 2 heterocycles. The maximum atomic E-state index is 12.8. The number of carbonyl (C=O) groups excluding carboxylic acids is 1. The highest BCUT2D eigenvalue weighted by atomic mass is 16.6. The molecule has 9 nitrogen and oxygen atoms in total. The van der Waals surface area contributed by atoms with Crippen molar-refractivity contribution in [3.8, 4) is 0 Å². The number of hydrogen-bond acceptors (Lipinski definition) is 6. The minimum absolute atomic E-state index is 0.0171. The Bertz CT molecular complexity index is 1290. The lowest BCUT2D eigenvalue weighted by Crippen LogP contribution is -2.50. The summed E-state index contributed by atoms with van der Waals surface area (Å²) in [5.74, 6) is 0.645. The summed E-state index contributed by atoms with van der Waals surface area (Å²) in [6, 6.07) is 13.4. The molecule has 0 spiro atoms. The summed E-state index contributed by atoms with van der Waals surface area (Å²) < 4.78 is 1.64. The second kappa shape index (κ2) is 9.96. The summed E-state index contributed by atoms with van der Waals surface area (Å²) in [4.78, 5) is 44.7. The SMILES string of the molecule is CCC(c1nc2ccccc2c(=O)n1C)N1CCN(C(=O)/C=C/c2ccc([N+](=O)[O-])cc2)CC1. The third-order valence-corrected chi connectivity index (χ3v) is 6.29. The van der Waals surface area contributed by atoms with Crippen LogP contribution >= 0.6 is 0 Å². The molecule has 1 unspecified atom stereocenters. The number of hydrogen-bond donors (Lipinski definition) is 0. The van der Waals surface area contributed by atoms with Crippen LogP contribution in [-0.4, -0.2) is 56.4 Å². The van der Waals surface area contributed by atoms with Crippen molar-refractivity contribution < 1.29 is 9.72 Å². The van der Waals surface area contributed by atoms with Gasteiger partial charge in [0.05, 0.1) is 21.9 Å². The molecular weight excluding hydrogens is 434 g/mol. The van der Waals surface area contributed by atoms with Crippen LogP contribution in [0.15, 0.2) is 59.4 Å². The van der Waals surface area contributed by atoms with Gasteiger partial charge < -0.3 is 4.90 Å². The van der Waals surface area contributed by atoms with E-state index in [-0.39, 0.29) is 23.2 Å². The average Bonchev–Trinajstić information content (AvgIpc) is 2.86. The van der Waals surface area contributed by atoms with Gasteiger partial charge in [0, 0.05) is 51.4 Å². The normalized spacial score (nSPS) is 15.6. The first-order valence-electron chi connectivity index (χ1n) is 11.3. The summed E-state index contributed by atoms with van der Waals surface area (Å²) in [6.07, 6.45) is 3.97. The van der Waals surface area contributed by atoms with Gasteiger partial charge in [0.15, 0.2) is 0 Å². The third kappa shape index (κ3) is 4.74. The molecule has 1 atom stereocenters. The first-order chi connectivity index (χ1) is 16.4. The number of para-hydroxylation sites is 1. The van der Waals surface area contributed by atoms with E-state index in [4.69, 9.17) is 4.98 Å². The topological polar surface area (TPSA) is 102 Å². The van der Waals surface area contributed by atoms with E-state index in [1.54, 1.807) is 40.8 Å². The van der Waals surface area contributed by atoms with Gasteiger partial charge in [-0.05, 0) is 42.3 Å². The molecule has 1 fully saturated rings. The molecule has 1 aliphatic heterocycles. The van der Waals surface area contributed by atoms with Gasteiger partial charge in [0.2, 0.25) is 5.91 Å². The molecule has 0 saturated carbocycles. The number of piperazine rings is 1. The van der Waals surface area contributed by atoms with Crippen molar-refractivity contribution in [1.82, 2.24) is 19.4 Å². The number of non-ortho nitro benzene ring substituents is 1. The van der Waals surface area contributed by atoms with Crippen LogP contribution in [0.2, 0.25) is 0 Å². The zero-order valence-electron chi connectivity index (χ0n) is 19.3. The predicted octanol–water partition coefficient (Wildman–Crippen LogP) is 3.15. The summed E-state index contributed by atoms with van der Waals surface area (Å²) in [5.41, 5.74) is 1.39. The Balaban J connectivity index is 1.43. The van der Waals surface area contributed by atoms with Crippen LogP contribution in [0.5, 0.6) is 0 Å². The van der Waals surface area contributed by atoms with E-state index in [1.165, 1.54) is 18.2 Å². The molecule has 0 aliphatic carbocycles. The highest BCUT2D eigenvalue weighted by Gasteiger charge is 2.28. The van der Waals surface area contributed by atoms with Crippen LogP contribution in [0.1, 0.15) is 30.8 Å². The third-order valence-electron chi connectivity index (χ3n) is 6.29. The lowest BCUT2D eigenvalue weighted by molar-refractivity contribution is -0.384. The fourth-order valence-electron chi connectivity index (χ4n) is 4.37. The number of carbonyl (C=O) groups is 1. The largest absolute Gasteiger partial charge is 0.337 e. The first-order valence-corrected chi connectivity index (χ1v) is 11.3. The van der Waals surface area contributed by atoms with Crippen molar-refractivity contribution in [2.75, 3.05) is 26.2 Å². The maximum absolute atomic E-state index is 12.8. The average molecular weight is 462 g/mol. The Morgan fingerprint density at radius 3 is 2.44 bits per heavy atom. The van der Waals surface area contributed by atoms with E-state index in [0.717, 1.165) is 17.8 Å². The molecule has 1 amide bonds. The molecule has 0 bridgehead atoms. The second-order valence-corrected chi connectivity index (χ2v) is 8.32. The lowest BCUT2D eigenvalue weighted by atomic mass is 10.1. The molecule has 34 heavy (non-hydrogen) atoms. The van der Waals surface area contributed by atoms with Crippen molar-refractivity contribution in [2.24, 2.45) is 7.05 Å². The molecule has 9 heteroatoms. The Kier molecular flexibility index (Phi) is 6.83. The van der Waals surface area contributed by atoms with Crippen LogP contribution in [-0.2, 0) is 11.8 Å². The molecular formula is C25H27N5O4. The molecule has 3 aromatic rings. The van der Waals surface area contributed by atoms with Crippen molar-refractivity contribution in [1.29, 1.82) is 0 Å². The van der Waals surface area contributed by atoms with Crippen LogP contribution in [0.25, 0.3) is 17.0 Å². The summed E-state index contributed by atoms with van der Waals surface area (Å²) in [7, 11) is 1.77. The Hall–Kier alpha value is -3.85. The van der Waals surface area contributed by atoms with Crippen LogP contribution in [0.3, 0.4) is 0 Å². The van der Waals surface area contributed by atoms with Gasteiger partial charge in [-0.15, -0.1) is 0 Å². The van der Waals surface area contributed by atoms with Gasteiger partial charge in [-0.1, -0.05) is 19.1 Å². The predicted molar refractivity (Wildman–Crippen MR) is 130 cm³/mol. The molecule has 2 aromatic carbocycles. The van der Waals surface area contributed by atoms with Gasteiger partial charge in [0.25, 0.3) is 11.2 Å². The summed E-state index contributed by atoms with van der Waals surface area (Å²) in [5, 5.41) is 11.4. The van der Waals surface area contributed by atoms with Gasteiger partial charge in [-0.25, -0.2) is 4.98 Å². The fourth-order valence-corrected chi connectivity index (χ4v) is 4.37. The van der Waals surface area contributed by atoms with Gasteiger partial charge in [-0.2, -0.15) is 0 Å². The molecule has 1 saturated heterocycles. The van der Waals surface area contributed by atoms with E-state index in [0.29, 0.717) is 37.1 Å². The molecule has 4 rings (SSSR count). The maximum Gasteiger partial charge on any atom is 0.269 e. The highest BCUT2D eigenvalue weighted by Crippen LogP contribution is 2.24. The fraction of sp³-hybridized carbons (Fsp3) is 0.320. The highest BCUT2D eigenvalue weighted by molar-refractivity contribution is 5.91. The Labute approximate surface area is 197 Å². The Morgan fingerprint density at radius 1 is 1.12 bits per heavy atom. The van der Waals surface area contributed by atoms with Crippen molar-refractivity contribution in [3.63, 3.8) is 0 Å². The first kappa shape index (κ1) is 23.3. The molecule has 1 aliphatic rings. The van der Waals surface area contributed by atoms with E-state index in [1.807, 2.05) is 18.2 Å². The molecule has 176 valence electrons. The number of aromatic nitrogens is 2. The van der Waals surface area contributed by atoms with Gasteiger partial charge in [-0.3, -0.25) is 29.2 Å². The van der Waals surface area contributed by atoms with E-state index >= 15 is 0 Å². The minimum atomic E-state index is -0.451. The monoisotopic (exact) mass is 461 g/mol. The van der Waals surface area contributed by atoms with Crippen molar-refractivity contribution in [2.45, 2.75) is 19.4 Å². The number of nitro groups is 1. The van der Waals surface area contributed by atoms with Gasteiger partial charge >= 0.3 is 0 Å². The van der Waals surface area contributed by atoms with Crippen LogP contribution in [0.4, 0.5) is 5.69 Å². The van der Waals surface area contributed by atoms with Crippen LogP contribution < -0.4 is 5.56 Å². The number of amides is 1. The van der Waals surface area contributed by atoms with E-state index in [2.05, 4.69) is 11.8 Å². The number of nitro benzene ring substituents is 1. The standard InChI is InChI=1S/C25H27N5O4/c1-3-22(24-26-21-7-5-4-6-20(21)25(32)27(24)2)28-14-16-29(17-15-28)23(31)13-10-18-8-11-19(12-9-18)30(33)34/h4-13,22H,3,14-17H2,1-2H3/b13-10+. The van der Waals surface area contributed by atoms with E-state index < -0.39 is 4.92 Å². The second-order valence-electron chi connectivity index (χ2n) is 8.32. The van der Waals surface area contributed by atoms with Crippen molar-refractivity contribution >= 4 is 28.6 Å².